The van der Waals surface area contributed by atoms with Crippen molar-refractivity contribution in [3.8, 4) is 5.75 Å². The summed E-state index contributed by atoms with van der Waals surface area (Å²) in [5, 5.41) is 20.3. The third kappa shape index (κ3) is 4.68. The molecule has 31 heavy (non-hydrogen) atoms. The lowest BCUT2D eigenvalue weighted by Crippen LogP contribution is -2.37. The van der Waals surface area contributed by atoms with Gasteiger partial charge in [0, 0.05) is 0 Å². The first-order chi connectivity index (χ1) is 14.9. The summed E-state index contributed by atoms with van der Waals surface area (Å²) in [6.07, 6.45) is 10.7. The molecule has 0 heterocycles. The zero-order valence-electron chi connectivity index (χ0n) is 19.1. The van der Waals surface area contributed by atoms with Crippen LogP contribution in [0.15, 0.2) is 65.8 Å². The Morgan fingerprint density at radius 3 is 2.55 bits per heavy atom. The predicted molar refractivity (Wildman–Crippen MR) is 126 cm³/mol. The number of aliphatic hydroxyl groups is 2. The van der Waals surface area contributed by atoms with Crippen LogP contribution in [0.2, 0.25) is 0 Å². The smallest absolute Gasteiger partial charge is 0.119 e. The number of rotatable bonds is 5. The van der Waals surface area contributed by atoms with Gasteiger partial charge >= 0.3 is 0 Å². The maximum absolute atomic E-state index is 10.1. The Morgan fingerprint density at radius 2 is 1.84 bits per heavy atom. The fraction of sp³-hybridized carbons (Fsp3) is 0.571. The minimum Gasteiger partial charge on any atom is -0.493 e. The fourth-order valence-electron chi connectivity index (χ4n) is 6.50. The summed E-state index contributed by atoms with van der Waals surface area (Å²) >= 11 is 0. The van der Waals surface area contributed by atoms with Crippen LogP contribution in [-0.2, 0) is 0 Å². The number of ether oxygens (including phenoxy) is 1. The molecule has 1 aromatic carbocycles. The summed E-state index contributed by atoms with van der Waals surface area (Å²) in [5.74, 6) is 2.81. The number of aliphatic hydroxyl groups excluding tert-OH is 2. The van der Waals surface area contributed by atoms with E-state index in [0.717, 1.165) is 17.9 Å². The van der Waals surface area contributed by atoms with Crippen LogP contribution in [0.25, 0.3) is 0 Å². The molecule has 3 aliphatic rings. The van der Waals surface area contributed by atoms with E-state index in [-0.39, 0.29) is 0 Å². The molecule has 3 saturated carbocycles. The molecule has 3 aliphatic carbocycles. The topological polar surface area (TPSA) is 49.7 Å². The van der Waals surface area contributed by atoms with Crippen molar-refractivity contribution in [2.45, 2.75) is 71.0 Å². The van der Waals surface area contributed by atoms with Crippen molar-refractivity contribution in [1.29, 1.82) is 0 Å². The van der Waals surface area contributed by atoms with Crippen molar-refractivity contribution < 1.29 is 14.9 Å². The minimum absolute atomic E-state index is 0.335. The molecule has 0 saturated heterocycles. The highest BCUT2D eigenvalue weighted by atomic mass is 16.5. The summed E-state index contributed by atoms with van der Waals surface area (Å²) in [4.78, 5) is 0. The molecule has 0 aromatic heterocycles. The Hall–Kier alpha value is -1.84. The van der Waals surface area contributed by atoms with Gasteiger partial charge in [0.15, 0.2) is 0 Å². The molecule has 3 heteroatoms. The molecule has 6 atom stereocenters. The Morgan fingerprint density at radius 1 is 1.13 bits per heavy atom. The molecule has 0 bridgehead atoms. The van der Waals surface area contributed by atoms with Gasteiger partial charge in [-0.05, 0) is 85.8 Å². The Labute approximate surface area is 187 Å². The van der Waals surface area contributed by atoms with E-state index in [4.69, 9.17) is 4.74 Å². The average molecular weight is 423 g/mol. The van der Waals surface area contributed by atoms with Gasteiger partial charge in [-0.15, -0.1) is 0 Å². The largest absolute Gasteiger partial charge is 0.493 e. The van der Waals surface area contributed by atoms with Gasteiger partial charge in [-0.25, -0.2) is 0 Å². The molecule has 2 N–H and O–H groups in total. The van der Waals surface area contributed by atoms with Crippen molar-refractivity contribution in [2.75, 3.05) is 6.61 Å². The van der Waals surface area contributed by atoms with E-state index in [1.807, 2.05) is 30.3 Å². The maximum Gasteiger partial charge on any atom is 0.119 e. The summed E-state index contributed by atoms with van der Waals surface area (Å²) in [6.45, 7) is 9.46. The van der Waals surface area contributed by atoms with Gasteiger partial charge in [0.2, 0.25) is 0 Å². The number of hydrogen-bond acceptors (Lipinski definition) is 3. The van der Waals surface area contributed by atoms with Crippen LogP contribution in [0.3, 0.4) is 0 Å². The molecular formula is C28H38O3. The summed E-state index contributed by atoms with van der Waals surface area (Å²) < 4.78 is 6.11. The molecule has 3 fully saturated rings. The Balaban J connectivity index is 1.44. The Kier molecular flexibility index (Phi) is 6.74. The van der Waals surface area contributed by atoms with Crippen LogP contribution in [0, 0.1) is 23.2 Å². The average Bonchev–Trinajstić information content (AvgIpc) is 3.12. The highest BCUT2D eigenvalue weighted by molar-refractivity contribution is 5.29. The van der Waals surface area contributed by atoms with Crippen molar-refractivity contribution in [3.63, 3.8) is 0 Å². The molecule has 3 nitrogen and oxygen atoms in total. The third-order valence-corrected chi connectivity index (χ3v) is 8.28. The van der Waals surface area contributed by atoms with E-state index in [9.17, 15) is 10.2 Å². The van der Waals surface area contributed by atoms with Gasteiger partial charge in [-0.2, -0.15) is 0 Å². The second-order valence-corrected chi connectivity index (χ2v) is 10.3. The van der Waals surface area contributed by atoms with E-state index in [1.54, 1.807) is 5.57 Å². The highest BCUT2D eigenvalue weighted by Gasteiger charge is 2.50. The predicted octanol–water partition coefficient (Wildman–Crippen LogP) is 5.84. The lowest BCUT2D eigenvalue weighted by Gasteiger charge is -2.44. The van der Waals surface area contributed by atoms with Crippen molar-refractivity contribution in [3.05, 3.63) is 65.8 Å². The van der Waals surface area contributed by atoms with E-state index < -0.39 is 12.2 Å². The number of para-hydroxylation sites is 1. The number of benzene rings is 1. The number of fused-ring (bicyclic) bond motifs is 1. The van der Waals surface area contributed by atoms with Crippen molar-refractivity contribution in [2.24, 2.45) is 23.2 Å². The van der Waals surface area contributed by atoms with Gasteiger partial charge in [0.1, 0.15) is 5.75 Å². The molecule has 0 aliphatic heterocycles. The molecule has 0 spiro atoms. The standard InChI is InChI=1S/C28H38O3/c1-19(18-31-23-9-5-4-6-10-23)24-13-14-25-22(8-7-15-28(24,25)3)12-11-21-16-26(29)20(2)27(30)17-21/h4-6,9-12,19,24-27,29-30H,2,7-8,13-18H2,1,3H3. The quantitative estimate of drug-likeness (QED) is 0.586. The number of allylic oxidation sites excluding steroid dienone is 3. The SMILES string of the molecule is C=C1C(O)CC(=CC=C2CCCC3(C)C2CCC3C(C)COc2ccccc2)CC1O. The number of hydrogen-bond donors (Lipinski definition) is 2. The van der Waals surface area contributed by atoms with Gasteiger partial charge in [-0.3, -0.25) is 0 Å². The monoisotopic (exact) mass is 422 g/mol. The summed E-state index contributed by atoms with van der Waals surface area (Å²) in [5.41, 5.74) is 3.59. The highest BCUT2D eigenvalue weighted by Crippen LogP contribution is 2.59. The second-order valence-electron chi connectivity index (χ2n) is 10.3. The first-order valence-electron chi connectivity index (χ1n) is 12.0. The van der Waals surface area contributed by atoms with Gasteiger partial charge in [0.25, 0.3) is 0 Å². The second kappa shape index (κ2) is 9.34. The van der Waals surface area contributed by atoms with E-state index in [1.165, 1.54) is 32.1 Å². The fourth-order valence-corrected chi connectivity index (χ4v) is 6.50. The molecule has 168 valence electrons. The summed E-state index contributed by atoms with van der Waals surface area (Å²) in [6, 6.07) is 10.2. The molecule has 0 radical (unpaired) electrons. The van der Waals surface area contributed by atoms with Crippen LogP contribution in [0.1, 0.15) is 58.8 Å². The molecule has 4 rings (SSSR count). The van der Waals surface area contributed by atoms with Crippen LogP contribution in [-0.4, -0.2) is 29.0 Å². The summed E-state index contributed by atoms with van der Waals surface area (Å²) in [7, 11) is 0. The van der Waals surface area contributed by atoms with E-state index >= 15 is 0 Å². The normalized spacial score (nSPS) is 35.7. The van der Waals surface area contributed by atoms with Crippen LogP contribution >= 0.6 is 0 Å². The van der Waals surface area contributed by atoms with Crippen molar-refractivity contribution >= 4 is 0 Å². The Bertz CT molecular complexity index is 823. The maximum atomic E-state index is 10.1. The molecular weight excluding hydrogens is 384 g/mol. The van der Waals surface area contributed by atoms with Crippen LogP contribution in [0.4, 0.5) is 0 Å². The first kappa shape index (κ1) is 22.4. The zero-order chi connectivity index (χ0) is 22.0. The third-order valence-electron chi connectivity index (χ3n) is 8.28. The van der Waals surface area contributed by atoms with Gasteiger partial charge < -0.3 is 14.9 Å². The zero-order valence-corrected chi connectivity index (χ0v) is 19.1. The van der Waals surface area contributed by atoms with Gasteiger partial charge in [0.05, 0.1) is 18.8 Å². The lowest BCUT2D eigenvalue weighted by molar-refractivity contribution is 0.0747. The van der Waals surface area contributed by atoms with E-state index in [2.05, 4.69) is 32.6 Å². The lowest BCUT2D eigenvalue weighted by atomic mass is 9.61. The molecule has 0 amide bonds. The van der Waals surface area contributed by atoms with Crippen LogP contribution in [0.5, 0.6) is 5.75 Å². The van der Waals surface area contributed by atoms with Crippen LogP contribution < -0.4 is 4.74 Å². The van der Waals surface area contributed by atoms with E-state index in [0.29, 0.717) is 41.6 Å². The van der Waals surface area contributed by atoms with Crippen molar-refractivity contribution in [1.82, 2.24) is 0 Å². The first-order valence-corrected chi connectivity index (χ1v) is 12.0. The van der Waals surface area contributed by atoms with Gasteiger partial charge in [-0.1, -0.05) is 61.9 Å². The molecule has 1 aromatic rings. The molecule has 6 unspecified atom stereocenters. The minimum atomic E-state index is -0.619.